The monoisotopic (exact) mass is 376 g/mol. The van der Waals surface area contributed by atoms with Crippen LogP contribution in [-0.2, 0) is 6.42 Å². The van der Waals surface area contributed by atoms with Gasteiger partial charge in [0, 0.05) is 29.6 Å². The average molecular weight is 376 g/mol. The topological polar surface area (TPSA) is 76.1 Å². The Kier molecular flexibility index (Phi) is 6.22. The molecule has 3 rings (SSSR count). The van der Waals surface area contributed by atoms with Gasteiger partial charge in [-0.1, -0.05) is 18.2 Å². The van der Waals surface area contributed by atoms with E-state index in [0.29, 0.717) is 11.5 Å². The second-order valence-corrected chi connectivity index (χ2v) is 6.47. The van der Waals surface area contributed by atoms with Crippen molar-refractivity contribution in [3.63, 3.8) is 0 Å². The van der Waals surface area contributed by atoms with Gasteiger partial charge in [-0.05, 0) is 56.2 Å². The molecule has 0 aliphatic heterocycles. The zero-order valence-corrected chi connectivity index (χ0v) is 16.3. The fraction of sp³-hybridized carbons (Fsp3) is 0.227. The van der Waals surface area contributed by atoms with E-state index in [1.807, 2.05) is 43.3 Å². The number of hydrogen-bond donors (Lipinski definition) is 2. The van der Waals surface area contributed by atoms with Crippen molar-refractivity contribution in [3.05, 3.63) is 71.4 Å². The SMILES string of the molecule is COc1ccccc1CCNc1cc(C)nc(Nc2ccc(C(C)=O)cc2)n1. The first kappa shape index (κ1) is 19.4. The van der Waals surface area contributed by atoms with Crippen LogP contribution < -0.4 is 15.4 Å². The molecule has 2 N–H and O–H groups in total. The third kappa shape index (κ3) is 5.07. The minimum absolute atomic E-state index is 0.0416. The highest BCUT2D eigenvalue weighted by atomic mass is 16.5. The van der Waals surface area contributed by atoms with Gasteiger partial charge in [-0.3, -0.25) is 4.79 Å². The molecule has 6 heteroatoms. The number of methoxy groups -OCH3 is 1. The average Bonchev–Trinajstić information content (AvgIpc) is 2.68. The maximum absolute atomic E-state index is 11.4. The third-order valence-electron chi connectivity index (χ3n) is 4.29. The Morgan fingerprint density at radius 1 is 1.07 bits per heavy atom. The Hall–Kier alpha value is -3.41. The standard InChI is InChI=1S/C22H24N4O2/c1-15-14-21(23-13-12-18-6-4-5-7-20(18)28-3)26-22(24-15)25-19-10-8-17(9-11-19)16(2)27/h4-11,14H,12-13H2,1-3H3,(H2,23,24,25,26). The molecule has 0 amide bonds. The maximum atomic E-state index is 11.4. The largest absolute Gasteiger partial charge is 0.496 e. The van der Waals surface area contributed by atoms with E-state index in [0.717, 1.165) is 41.5 Å². The molecule has 0 bridgehead atoms. The van der Waals surface area contributed by atoms with E-state index in [-0.39, 0.29) is 5.78 Å². The molecule has 0 spiro atoms. The Morgan fingerprint density at radius 3 is 2.54 bits per heavy atom. The fourth-order valence-corrected chi connectivity index (χ4v) is 2.87. The first-order chi connectivity index (χ1) is 13.5. The first-order valence-electron chi connectivity index (χ1n) is 9.14. The zero-order valence-electron chi connectivity index (χ0n) is 16.3. The lowest BCUT2D eigenvalue weighted by Crippen LogP contribution is -2.09. The molecule has 0 fully saturated rings. The van der Waals surface area contributed by atoms with Gasteiger partial charge in [0.2, 0.25) is 5.95 Å². The third-order valence-corrected chi connectivity index (χ3v) is 4.29. The van der Waals surface area contributed by atoms with E-state index >= 15 is 0 Å². The van der Waals surface area contributed by atoms with Crippen molar-refractivity contribution < 1.29 is 9.53 Å². The summed E-state index contributed by atoms with van der Waals surface area (Å²) in [6, 6.07) is 17.2. The highest BCUT2D eigenvalue weighted by Gasteiger charge is 2.06. The molecule has 3 aromatic rings. The first-order valence-corrected chi connectivity index (χ1v) is 9.14. The van der Waals surface area contributed by atoms with Gasteiger partial charge < -0.3 is 15.4 Å². The number of hydrogen-bond acceptors (Lipinski definition) is 6. The van der Waals surface area contributed by atoms with E-state index in [1.165, 1.54) is 0 Å². The number of anilines is 3. The van der Waals surface area contributed by atoms with Crippen LogP contribution in [0.25, 0.3) is 0 Å². The molecule has 0 aliphatic carbocycles. The highest BCUT2D eigenvalue weighted by Crippen LogP contribution is 2.19. The second-order valence-electron chi connectivity index (χ2n) is 6.47. The van der Waals surface area contributed by atoms with Gasteiger partial charge >= 0.3 is 0 Å². The van der Waals surface area contributed by atoms with Gasteiger partial charge in [0.15, 0.2) is 5.78 Å². The minimum Gasteiger partial charge on any atom is -0.496 e. The van der Waals surface area contributed by atoms with Crippen molar-refractivity contribution in [2.45, 2.75) is 20.3 Å². The van der Waals surface area contributed by atoms with Crippen LogP contribution in [0.4, 0.5) is 17.5 Å². The van der Waals surface area contributed by atoms with Crippen LogP contribution in [0.2, 0.25) is 0 Å². The highest BCUT2D eigenvalue weighted by molar-refractivity contribution is 5.94. The van der Waals surface area contributed by atoms with Gasteiger partial charge in [0.1, 0.15) is 11.6 Å². The Balaban J connectivity index is 1.65. The molecule has 1 heterocycles. The normalized spacial score (nSPS) is 10.4. The van der Waals surface area contributed by atoms with Crippen molar-refractivity contribution >= 4 is 23.2 Å². The molecule has 0 aliphatic rings. The lowest BCUT2D eigenvalue weighted by atomic mass is 10.1. The lowest BCUT2D eigenvalue weighted by Gasteiger charge is -2.11. The van der Waals surface area contributed by atoms with E-state index in [9.17, 15) is 4.79 Å². The summed E-state index contributed by atoms with van der Waals surface area (Å²) in [5.74, 6) is 2.19. The number of para-hydroxylation sites is 1. The van der Waals surface area contributed by atoms with Crippen molar-refractivity contribution in [3.8, 4) is 5.75 Å². The minimum atomic E-state index is 0.0416. The number of carbonyl (C=O) groups is 1. The summed E-state index contributed by atoms with van der Waals surface area (Å²) in [5.41, 5.74) is 3.51. The van der Waals surface area contributed by atoms with Crippen LogP contribution in [0.15, 0.2) is 54.6 Å². The van der Waals surface area contributed by atoms with Crippen LogP contribution in [-0.4, -0.2) is 29.4 Å². The van der Waals surface area contributed by atoms with Crippen LogP contribution in [0.5, 0.6) is 5.75 Å². The molecular formula is C22H24N4O2. The number of aromatic nitrogens is 2. The van der Waals surface area contributed by atoms with Crippen LogP contribution in [0, 0.1) is 6.92 Å². The van der Waals surface area contributed by atoms with E-state index in [1.54, 1.807) is 26.2 Å². The zero-order chi connectivity index (χ0) is 19.9. The molecule has 0 radical (unpaired) electrons. The molecule has 6 nitrogen and oxygen atoms in total. The van der Waals surface area contributed by atoms with Gasteiger partial charge in [-0.15, -0.1) is 0 Å². The molecule has 144 valence electrons. The van der Waals surface area contributed by atoms with Crippen molar-refractivity contribution in [2.24, 2.45) is 0 Å². The molecule has 0 saturated heterocycles. The Bertz CT molecular complexity index is 955. The maximum Gasteiger partial charge on any atom is 0.229 e. The van der Waals surface area contributed by atoms with Crippen LogP contribution >= 0.6 is 0 Å². The second kappa shape index (κ2) is 8.99. The van der Waals surface area contributed by atoms with E-state index in [4.69, 9.17) is 4.74 Å². The van der Waals surface area contributed by atoms with Crippen molar-refractivity contribution in [1.82, 2.24) is 9.97 Å². The van der Waals surface area contributed by atoms with Crippen molar-refractivity contribution in [2.75, 3.05) is 24.3 Å². The summed E-state index contributed by atoms with van der Waals surface area (Å²) in [7, 11) is 1.68. The molecule has 0 unspecified atom stereocenters. The Labute approximate surface area is 165 Å². The number of nitrogens with zero attached hydrogens (tertiary/aromatic N) is 2. The van der Waals surface area contributed by atoms with Crippen molar-refractivity contribution in [1.29, 1.82) is 0 Å². The predicted molar refractivity (Wildman–Crippen MR) is 112 cm³/mol. The number of ether oxygens (including phenoxy) is 1. The molecule has 0 saturated carbocycles. The molecule has 0 atom stereocenters. The predicted octanol–water partition coefficient (Wildman–Crippen LogP) is 4.39. The smallest absolute Gasteiger partial charge is 0.229 e. The summed E-state index contributed by atoms with van der Waals surface area (Å²) < 4.78 is 5.39. The summed E-state index contributed by atoms with van der Waals surface area (Å²) in [4.78, 5) is 20.3. The number of nitrogens with one attached hydrogen (secondary N) is 2. The number of ketones is 1. The summed E-state index contributed by atoms with van der Waals surface area (Å²) in [5, 5.41) is 6.53. The summed E-state index contributed by atoms with van der Waals surface area (Å²) in [6.45, 7) is 4.20. The van der Waals surface area contributed by atoms with Gasteiger partial charge in [0.05, 0.1) is 7.11 Å². The van der Waals surface area contributed by atoms with Gasteiger partial charge in [-0.2, -0.15) is 4.98 Å². The Morgan fingerprint density at radius 2 is 1.82 bits per heavy atom. The number of benzene rings is 2. The summed E-state index contributed by atoms with van der Waals surface area (Å²) in [6.07, 6.45) is 0.822. The number of rotatable bonds is 8. The molecular weight excluding hydrogens is 352 g/mol. The summed E-state index contributed by atoms with van der Waals surface area (Å²) >= 11 is 0. The lowest BCUT2D eigenvalue weighted by molar-refractivity contribution is 0.101. The van der Waals surface area contributed by atoms with Gasteiger partial charge in [-0.25, -0.2) is 4.98 Å². The van der Waals surface area contributed by atoms with E-state index in [2.05, 4.69) is 26.7 Å². The molecule has 2 aromatic carbocycles. The van der Waals surface area contributed by atoms with Crippen LogP contribution in [0.3, 0.4) is 0 Å². The molecule has 28 heavy (non-hydrogen) atoms. The number of aryl methyl sites for hydroxylation is 1. The molecule has 1 aromatic heterocycles. The number of Topliss-reactive ketones (excluding diaryl/α,β-unsaturated/α-hetero) is 1. The van der Waals surface area contributed by atoms with E-state index < -0.39 is 0 Å². The number of carbonyl (C=O) groups excluding carboxylic acids is 1. The van der Waals surface area contributed by atoms with Gasteiger partial charge in [0.25, 0.3) is 0 Å². The fourth-order valence-electron chi connectivity index (χ4n) is 2.87. The van der Waals surface area contributed by atoms with Crippen LogP contribution in [0.1, 0.15) is 28.5 Å². The quantitative estimate of drug-likeness (QED) is 0.568.